The summed E-state index contributed by atoms with van der Waals surface area (Å²) in [4.78, 5) is 4.39. The Morgan fingerprint density at radius 3 is 2.63 bits per heavy atom. The van der Waals surface area contributed by atoms with Gasteiger partial charge in [0.1, 0.15) is 0 Å². The summed E-state index contributed by atoms with van der Waals surface area (Å²) in [6, 6.07) is 18.5. The summed E-state index contributed by atoms with van der Waals surface area (Å²) in [5.74, 6) is 0.464. The van der Waals surface area contributed by atoms with Crippen LogP contribution in [0.4, 0.5) is 5.69 Å². The van der Waals surface area contributed by atoms with Gasteiger partial charge in [0.15, 0.2) is 0 Å². The molecule has 5 nitrogen and oxygen atoms in total. The molecule has 2 aliphatic rings. The van der Waals surface area contributed by atoms with E-state index < -0.39 is 6.41 Å². The van der Waals surface area contributed by atoms with E-state index in [-0.39, 0.29) is 12.1 Å². The van der Waals surface area contributed by atoms with Crippen molar-refractivity contribution in [2.75, 3.05) is 5.32 Å². The first-order valence-corrected chi connectivity index (χ1v) is 11.1. The number of para-hydroxylation sites is 1. The summed E-state index contributed by atoms with van der Waals surface area (Å²) in [5.41, 5.74) is 4.60. The fraction of sp³-hybridized carbons (Fsp3) is 0.400. The Labute approximate surface area is 177 Å². The molecule has 0 bridgehead atoms. The minimum Gasteiger partial charge on any atom is -0.351 e. The molecule has 1 aliphatic carbocycles. The molecule has 3 atom stereocenters. The minimum absolute atomic E-state index is 0.0251. The van der Waals surface area contributed by atoms with Gasteiger partial charge in [-0.3, -0.25) is 0 Å². The molecule has 30 heavy (non-hydrogen) atoms. The van der Waals surface area contributed by atoms with Gasteiger partial charge in [-0.25, -0.2) is 4.98 Å². The van der Waals surface area contributed by atoms with Crippen LogP contribution in [0.15, 0.2) is 67.1 Å². The lowest BCUT2D eigenvalue weighted by Gasteiger charge is -2.34. The second kappa shape index (κ2) is 8.62. The van der Waals surface area contributed by atoms with Gasteiger partial charge in [0, 0.05) is 11.3 Å². The zero-order chi connectivity index (χ0) is 20.3. The maximum atomic E-state index is 10.7. The number of rotatable bonds is 7. The highest BCUT2D eigenvalue weighted by Crippen LogP contribution is 2.43. The van der Waals surface area contributed by atoms with Crippen molar-refractivity contribution in [3.05, 3.63) is 72.7 Å². The smallest absolute Gasteiger partial charge is 0.235 e. The molecule has 0 spiro atoms. The zero-order valence-corrected chi connectivity index (χ0v) is 17.2. The van der Waals surface area contributed by atoms with Crippen LogP contribution in [0, 0.1) is 5.92 Å². The third-order valence-electron chi connectivity index (χ3n) is 6.60. The number of benzene rings is 2. The molecule has 5 rings (SSSR count). The second-order valence-electron chi connectivity index (χ2n) is 8.46. The second-order valence-corrected chi connectivity index (χ2v) is 8.46. The Bertz CT molecular complexity index is 965. The van der Waals surface area contributed by atoms with E-state index in [1.54, 1.807) is 0 Å². The standard InChI is InChI=1S/C25H29N3O2/c29-25(27-19-11-5-2-6-12-19)30-24(18-9-3-1-4-10-18)15-22-20-13-7-8-14-21(20)23-16-26-17-28(22)23/h2,5-8,11-14,16-18,22,24-25,27,29H,1,3-4,9-10,15H2. The molecule has 1 saturated carbocycles. The molecule has 3 unspecified atom stereocenters. The number of nitrogens with one attached hydrogen (secondary N) is 1. The predicted molar refractivity (Wildman–Crippen MR) is 118 cm³/mol. The molecule has 2 heterocycles. The molecule has 1 aromatic heterocycles. The van der Waals surface area contributed by atoms with Gasteiger partial charge in [-0.1, -0.05) is 61.7 Å². The van der Waals surface area contributed by atoms with Crippen molar-refractivity contribution in [3.8, 4) is 11.3 Å². The molecule has 2 aromatic carbocycles. The van der Waals surface area contributed by atoms with Crippen LogP contribution in [0.3, 0.4) is 0 Å². The van der Waals surface area contributed by atoms with Gasteiger partial charge in [0.05, 0.1) is 30.4 Å². The molecule has 1 fully saturated rings. The third-order valence-corrected chi connectivity index (χ3v) is 6.60. The van der Waals surface area contributed by atoms with Crippen molar-refractivity contribution in [2.45, 2.75) is 57.1 Å². The van der Waals surface area contributed by atoms with Gasteiger partial charge in [-0.15, -0.1) is 0 Å². The highest BCUT2D eigenvalue weighted by molar-refractivity contribution is 5.68. The van der Waals surface area contributed by atoms with Gasteiger partial charge >= 0.3 is 0 Å². The average molecular weight is 404 g/mol. The van der Waals surface area contributed by atoms with E-state index in [9.17, 15) is 5.11 Å². The largest absolute Gasteiger partial charge is 0.351 e. The number of anilines is 1. The Kier molecular flexibility index (Phi) is 5.56. The molecule has 5 heteroatoms. The van der Waals surface area contributed by atoms with E-state index in [1.165, 1.54) is 36.1 Å². The molecule has 2 N–H and O–H groups in total. The molecule has 1 aliphatic heterocycles. The average Bonchev–Trinajstić information content (AvgIpc) is 3.37. The SMILES string of the molecule is OC(Nc1ccccc1)OC(CC1c2ccccc2-c2cncn21)C1CCCCC1. The molecule has 156 valence electrons. The topological polar surface area (TPSA) is 59.3 Å². The van der Waals surface area contributed by atoms with E-state index in [0.29, 0.717) is 5.92 Å². The number of hydrogen-bond acceptors (Lipinski definition) is 4. The van der Waals surface area contributed by atoms with Crippen molar-refractivity contribution < 1.29 is 9.84 Å². The summed E-state index contributed by atoms with van der Waals surface area (Å²) in [6.07, 6.45) is 9.75. The highest BCUT2D eigenvalue weighted by Gasteiger charge is 2.34. The molecular formula is C25H29N3O2. The quantitative estimate of drug-likeness (QED) is 0.533. The number of fused-ring (bicyclic) bond motifs is 3. The summed E-state index contributed by atoms with van der Waals surface area (Å²) in [6.45, 7) is 0. The predicted octanol–water partition coefficient (Wildman–Crippen LogP) is 5.20. The van der Waals surface area contributed by atoms with E-state index in [4.69, 9.17) is 4.74 Å². The molecule has 3 aromatic rings. The van der Waals surface area contributed by atoms with Crippen molar-refractivity contribution in [2.24, 2.45) is 5.92 Å². The number of nitrogens with zero attached hydrogens (tertiary/aromatic N) is 2. The van der Waals surface area contributed by atoms with Gasteiger partial charge in [0.2, 0.25) is 6.41 Å². The number of imidazole rings is 1. The van der Waals surface area contributed by atoms with Crippen molar-refractivity contribution in [1.29, 1.82) is 0 Å². The van der Waals surface area contributed by atoms with Crippen LogP contribution in [0.25, 0.3) is 11.3 Å². The van der Waals surface area contributed by atoms with Crippen molar-refractivity contribution >= 4 is 5.69 Å². The monoisotopic (exact) mass is 403 g/mol. The van der Waals surface area contributed by atoms with Gasteiger partial charge in [-0.2, -0.15) is 0 Å². The summed E-state index contributed by atoms with van der Waals surface area (Å²) >= 11 is 0. The minimum atomic E-state index is -1.03. The summed E-state index contributed by atoms with van der Waals surface area (Å²) in [7, 11) is 0. The maximum absolute atomic E-state index is 10.7. The zero-order valence-electron chi connectivity index (χ0n) is 17.2. The van der Waals surface area contributed by atoms with Crippen LogP contribution in [0.5, 0.6) is 0 Å². The lowest BCUT2D eigenvalue weighted by Crippen LogP contribution is -2.35. The van der Waals surface area contributed by atoms with Gasteiger partial charge in [0.25, 0.3) is 0 Å². The van der Waals surface area contributed by atoms with Crippen LogP contribution in [0.1, 0.15) is 50.1 Å². The lowest BCUT2D eigenvalue weighted by molar-refractivity contribution is -0.142. The first kappa shape index (κ1) is 19.3. The lowest BCUT2D eigenvalue weighted by atomic mass is 9.82. The Morgan fingerprint density at radius 1 is 1.03 bits per heavy atom. The third kappa shape index (κ3) is 3.87. The van der Waals surface area contributed by atoms with Crippen LogP contribution in [-0.2, 0) is 4.74 Å². The fourth-order valence-corrected chi connectivity index (χ4v) is 5.13. The van der Waals surface area contributed by atoms with Crippen molar-refractivity contribution in [3.63, 3.8) is 0 Å². The summed E-state index contributed by atoms with van der Waals surface area (Å²) in [5, 5.41) is 13.8. The number of ether oxygens (including phenoxy) is 1. The maximum Gasteiger partial charge on any atom is 0.235 e. The van der Waals surface area contributed by atoms with Crippen molar-refractivity contribution in [1.82, 2.24) is 9.55 Å². The summed E-state index contributed by atoms with van der Waals surface area (Å²) < 4.78 is 8.54. The van der Waals surface area contributed by atoms with E-state index in [0.717, 1.165) is 24.9 Å². The fourth-order valence-electron chi connectivity index (χ4n) is 5.13. The molecule has 0 radical (unpaired) electrons. The van der Waals surface area contributed by atoms with Crippen LogP contribution in [0.2, 0.25) is 0 Å². The van der Waals surface area contributed by atoms with Crippen LogP contribution >= 0.6 is 0 Å². The first-order valence-electron chi connectivity index (χ1n) is 11.1. The normalized spacial score (nSPS) is 20.4. The Balaban J connectivity index is 1.37. The van der Waals surface area contributed by atoms with E-state index in [2.05, 4.69) is 39.1 Å². The van der Waals surface area contributed by atoms with Gasteiger partial charge < -0.3 is 19.7 Å². The first-order chi connectivity index (χ1) is 14.8. The van der Waals surface area contributed by atoms with Gasteiger partial charge in [-0.05, 0) is 42.9 Å². The Hall–Kier alpha value is -2.63. The number of hydrogen-bond donors (Lipinski definition) is 2. The molecule has 0 saturated heterocycles. The van der Waals surface area contributed by atoms with Crippen LogP contribution in [-0.4, -0.2) is 27.2 Å². The molecule has 0 amide bonds. The number of aromatic nitrogens is 2. The highest BCUT2D eigenvalue weighted by atomic mass is 16.6. The number of aliphatic hydroxyl groups excluding tert-OH is 1. The number of aliphatic hydroxyl groups is 1. The molecular weight excluding hydrogens is 374 g/mol. The Morgan fingerprint density at radius 2 is 1.80 bits per heavy atom. The van der Waals surface area contributed by atoms with E-state index in [1.807, 2.05) is 42.9 Å². The van der Waals surface area contributed by atoms with E-state index >= 15 is 0 Å². The van der Waals surface area contributed by atoms with Crippen LogP contribution < -0.4 is 5.32 Å².